The molecule has 0 atom stereocenters. The molecule has 8 heteroatoms. The van der Waals surface area contributed by atoms with Gasteiger partial charge < -0.3 is 14.7 Å². The first kappa shape index (κ1) is 19.9. The van der Waals surface area contributed by atoms with E-state index in [-0.39, 0.29) is 24.0 Å². The Bertz CT molecular complexity index is 646. The topological polar surface area (TPSA) is 66.5 Å². The summed E-state index contributed by atoms with van der Waals surface area (Å²) in [6, 6.07) is 8.17. The lowest BCUT2D eigenvalue weighted by Crippen LogP contribution is -2.39. The van der Waals surface area contributed by atoms with Gasteiger partial charge in [-0.15, -0.1) is 24.0 Å². The average Bonchev–Trinajstić information content (AvgIpc) is 2.91. The Hall–Kier alpha value is -1.16. The highest BCUT2D eigenvalue weighted by atomic mass is 127. The summed E-state index contributed by atoms with van der Waals surface area (Å²) >= 11 is 3.57. The third kappa shape index (κ3) is 6.09. The Morgan fingerprint density at radius 3 is 2.74 bits per heavy atom. The normalized spacial score (nSPS) is 11.0. The lowest BCUT2D eigenvalue weighted by atomic mass is 10.2. The molecule has 23 heavy (non-hydrogen) atoms. The molecule has 1 N–H and O–H groups in total. The first-order valence-corrected chi connectivity index (χ1v) is 7.84. The van der Waals surface area contributed by atoms with E-state index in [0.717, 1.165) is 17.0 Å². The van der Waals surface area contributed by atoms with Crippen LogP contribution in [0.3, 0.4) is 0 Å². The zero-order valence-electron chi connectivity index (χ0n) is 13.4. The molecule has 0 aliphatic rings. The van der Waals surface area contributed by atoms with E-state index in [9.17, 15) is 0 Å². The number of nitrogens with zero attached hydrogens (tertiary/aromatic N) is 4. The van der Waals surface area contributed by atoms with E-state index in [1.165, 1.54) is 5.56 Å². The van der Waals surface area contributed by atoms with E-state index in [2.05, 4.69) is 47.3 Å². The van der Waals surface area contributed by atoms with Crippen molar-refractivity contribution in [2.24, 2.45) is 4.99 Å². The number of rotatable bonds is 5. The van der Waals surface area contributed by atoms with Gasteiger partial charge in [-0.25, -0.2) is 0 Å². The molecule has 2 aromatic rings. The van der Waals surface area contributed by atoms with E-state index in [4.69, 9.17) is 4.52 Å². The minimum Gasteiger partial charge on any atom is -0.356 e. The fourth-order valence-corrected chi connectivity index (χ4v) is 2.47. The maximum absolute atomic E-state index is 5.09. The van der Waals surface area contributed by atoms with Crippen molar-refractivity contribution in [2.75, 3.05) is 20.6 Å². The number of aryl methyl sites for hydroxylation is 1. The monoisotopic (exact) mass is 493 g/mol. The molecule has 0 amide bonds. The number of benzene rings is 1. The molecule has 1 aromatic heterocycles. The summed E-state index contributed by atoms with van der Waals surface area (Å²) in [7, 11) is 3.78. The van der Waals surface area contributed by atoms with Crippen LogP contribution in [-0.4, -0.2) is 41.6 Å². The van der Waals surface area contributed by atoms with Crippen LogP contribution in [0.4, 0.5) is 0 Å². The zero-order valence-corrected chi connectivity index (χ0v) is 17.3. The SMILES string of the molecule is CN=C(NCCc1nc(C)no1)N(C)Cc1ccccc1Br.I. The summed E-state index contributed by atoms with van der Waals surface area (Å²) in [5, 5.41) is 7.07. The van der Waals surface area contributed by atoms with E-state index in [1.807, 2.05) is 32.2 Å². The molecule has 0 aliphatic heterocycles. The number of hydrogen-bond donors (Lipinski definition) is 1. The Labute approximate surface area is 161 Å². The molecule has 0 saturated heterocycles. The molecule has 0 spiro atoms. The van der Waals surface area contributed by atoms with Crippen LogP contribution < -0.4 is 5.32 Å². The van der Waals surface area contributed by atoms with Crippen LogP contribution in [-0.2, 0) is 13.0 Å². The Balaban J connectivity index is 0.00000264. The standard InChI is InChI=1S/C15H20BrN5O.HI/c1-11-19-14(22-20-11)8-9-18-15(17-2)21(3)10-12-6-4-5-7-13(12)16;/h4-7H,8-10H2,1-3H3,(H,17,18);1H. The maximum Gasteiger partial charge on any atom is 0.228 e. The number of halogens is 2. The lowest BCUT2D eigenvalue weighted by molar-refractivity contribution is 0.373. The number of guanidine groups is 1. The second kappa shape index (κ2) is 9.86. The Morgan fingerprint density at radius 1 is 1.39 bits per heavy atom. The molecule has 0 saturated carbocycles. The van der Waals surface area contributed by atoms with Crippen molar-refractivity contribution in [1.82, 2.24) is 20.4 Å². The van der Waals surface area contributed by atoms with Crippen LogP contribution >= 0.6 is 39.9 Å². The zero-order chi connectivity index (χ0) is 15.9. The summed E-state index contributed by atoms with van der Waals surface area (Å²) in [5.41, 5.74) is 1.21. The highest BCUT2D eigenvalue weighted by molar-refractivity contribution is 14.0. The fraction of sp³-hybridized carbons (Fsp3) is 0.400. The van der Waals surface area contributed by atoms with Crippen molar-refractivity contribution in [2.45, 2.75) is 19.9 Å². The predicted molar refractivity (Wildman–Crippen MR) is 105 cm³/mol. The molecule has 0 bridgehead atoms. The molecule has 2 rings (SSSR count). The predicted octanol–water partition coefficient (Wildman–Crippen LogP) is 3.01. The minimum absolute atomic E-state index is 0. The molecule has 0 radical (unpaired) electrons. The van der Waals surface area contributed by atoms with Crippen molar-refractivity contribution in [3.63, 3.8) is 0 Å². The van der Waals surface area contributed by atoms with Crippen LogP contribution in [0, 0.1) is 6.92 Å². The number of aliphatic imine (C=N–C) groups is 1. The summed E-state index contributed by atoms with van der Waals surface area (Å²) in [4.78, 5) is 10.5. The van der Waals surface area contributed by atoms with Crippen molar-refractivity contribution in [3.8, 4) is 0 Å². The highest BCUT2D eigenvalue weighted by Gasteiger charge is 2.09. The van der Waals surface area contributed by atoms with E-state index >= 15 is 0 Å². The molecule has 1 heterocycles. The van der Waals surface area contributed by atoms with Gasteiger partial charge in [-0.3, -0.25) is 4.99 Å². The second-order valence-electron chi connectivity index (χ2n) is 4.91. The van der Waals surface area contributed by atoms with E-state index < -0.39 is 0 Å². The smallest absolute Gasteiger partial charge is 0.228 e. The van der Waals surface area contributed by atoms with Gasteiger partial charge in [0.15, 0.2) is 11.8 Å². The van der Waals surface area contributed by atoms with Gasteiger partial charge in [0.25, 0.3) is 0 Å². The maximum atomic E-state index is 5.09. The molecule has 0 aliphatic carbocycles. The van der Waals surface area contributed by atoms with Gasteiger partial charge in [0.1, 0.15) is 0 Å². The largest absolute Gasteiger partial charge is 0.356 e. The van der Waals surface area contributed by atoms with Gasteiger partial charge in [0.05, 0.1) is 0 Å². The van der Waals surface area contributed by atoms with Gasteiger partial charge in [0, 0.05) is 38.1 Å². The quantitative estimate of drug-likeness (QED) is 0.394. The summed E-state index contributed by atoms with van der Waals surface area (Å²) in [5.74, 6) is 2.12. The first-order chi connectivity index (χ1) is 10.6. The van der Waals surface area contributed by atoms with E-state index in [1.54, 1.807) is 7.05 Å². The summed E-state index contributed by atoms with van der Waals surface area (Å²) in [6.07, 6.45) is 0.669. The summed E-state index contributed by atoms with van der Waals surface area (Å²) < 4.78 is 6.19. The molecule has 6 nitrogen and oxygen atoms in total. The number of aromatic nitrogens is 2. The van der Waals surface area contributed by atoms with Gasteiger partial charge in [0.2, 0.25) is 5.89 Å². The number of nitrogens with one attached hydrogen (secondary N) is 1. The van der Waals surface area contributed by atoms with Crippen molar-refractivity contribution in [1.29, 1.82) is 0 Å². The molecule has 1 aromatic carbocycles. The minimum atomic E-state index is 0. The third-order valence-corrected chi connectivity index (χ3v) is 3.90. The van der Waals surface area contributed by atoms with Crippen LogP contribution in [0.2, 0.25) is 0 Å². The van der Waals surface area contributed by atoms with Crippen LogP contribution in [0.25, 0.3) is 0 Å². The van der Waals surface area contributed by atoms with Crippen LogP contribution in [0.1, 0.15) is 17.3 Å². The fourth-order valence-electron chi connectivity index (χ4n) is 2.06. The third-order valence-electron chi connectivity index (χ3n) is 3.13. The van der Waals surface area contributed by atoms with Gasteiger partial charge in [-0.05, 0) is 18.6 Å². The second-order valence-corrected chi connectivity index (χ2v) is 5.76. The van der Waals surface area contributed by atoms with Crippen LogP contribution in [0.5, 0.6) is 0 Å². The van der Waals surface area contributed by atoms with Crippen LogP contribution in [0.15, 0.2) is 38.3 Å². The lowest BCUT2D eigenvalue weighted by Gasteiger charge is -2.22. The molecule has 126 valence electrons. The van der Waals surface area contributed by atoms with E-state index in [0.29, 0.717) is 24.7 Å². The summed E-state index contributed by atoms with van der Waals surface area (Å²) in [6.45, 7) is 3.26. The Kier molecular flexibility index (Phi) is 8.53. The average molecular weight is 494 g/mol. The molecule has 0 unspecified atom stereocenters. The molecular weight excluding hydrogens is 473 g/mol. The van der Waals surface area contributed by atoms with Gasteiger partial charge >= 0.3 is 0 Å². The van der Waals surface area contributed by atoms with Crippen molar-refractivity contribution >= 4 is 45.9 Å². The van der Waals surface area contributed by atoms with Crippen molar-refractivity contribution < 1.29 is 4.52 Å². The van der Waals surface area contributed by atoms with Gasteiger partial charge in [-0.2, -0.15) is 4.98 Å². The molecule has 0 fully saturated rings. The Morgan fingerprint density at radius 2 is 2.13 bits per heavy atom. The number of hydrogen-bond acceptors (Lipinski definition) is 4. The first-order valence-electron chi connectivity index (χ1n) is 7.04. The molecular formula is C15H21BrIN5O. The van der Waals surface area contributed by atoms with Crippen molar-refractivity contribution in [3.05, 3.63) is 46.0 Å². The van der Waals surface area contributed by atoms with Gasteiger partial charge in [-0.1, -0.05) is 39.3 Å². The highest BCUT2D eigenvalue weighted by Crippen LogP contribution is 2.17.